The number of aryl methyl sites for hydroxylation is 1. The van der Waals surface area contributed by atoms with Crippen molar-refractivity contribution < 1.29 is 4.42 Å². The molecule has 0 aromatic carbocycles. The molecule has 3 aromatic heterocycles. The maximum atomic E-state index is 5.71. The molecule has 0 radical (unpaired) electrons. The predicted octanol–water partition coefficient (Wildman–Crippen LogP) is 4.52. The fraction of sp³-hybridized carbons (Fsp3) is 0.364. The van der Waals surface area contributed by atoms with E-state index >= 15 is 0 Å². The van der Waals surface area contributed by atoms with Crippen molar-refractivity contribution in [1.82, 2.24) is 19.8 Å². The zero-order valence-corrected chi connectivity index (χ0v) is 17.5. The first-order chi connectivity index (χ1) is 13.5. The number of aromatic nitrogens is 2. The normalized spacial score (nSPS) is 19.5. The Morgan fingerprint density at radius 2 is 2.04 bits per heavy atom. The summed E-state index contributed by atoms with van der Waals surface area (Å²) in [6.07, 6.45) is 3.57. The molecule has 0 spiro atoms. The molecular formula is C22H26N4OS. The van der Waals surface area contributed by atoms with E-state index in [9.17, 15) is 0 Å². The second kappa shape index (κ2) is 7.43. The number of nitrogens with one attached hydrogen (secondary N) is 1. The van der Waals surface area contributed by atoms with Crippen molar-refractivity contribution in [2.45, 2.75) is 52.4 Å². The molecule has 5 nitrogen and oxygen atoms in total. The van der Waals surface area contributed by atoms with Crippen molar-refractivity contribution in [3.8, 4) is 0 Å². The van der Waals surface area contributed by atoms with Gasteiger partial charge in [0, 0.05) is 23.6 Å². The first-order valence-corrected chi connectivity index (χ1v) is 10.1. The largest absolute Gasteiger partial charge is 0.467 e. The van der Waals surface area contributed by atoms with Crippen molar-refractivity contribution in [3.63, 3.8) is 0 Å². The van der Waals surface area contributed by atoms with Crippen LogP contribution in [0.2, 0.25) is 0 Å². The first kappa shape index (κ1) is 18.7. The lowest BCUT2D eigenvalue weighted by Gasteiger charge is -2.31. The highest BCUT2D eigenvalue weighted by Crippen LogP contribution is 2.41. The van der Waals surface area contributed by atoms with Crippen LogP contribution in [0, 0.1) is 13.8 Å². The highest BCUT2D eigenvalue weighted by molar-refractivity contribution is 7.80. The lowest BCUT2D eigenvalue weighted by Crippen LogP contribution is -2.35. The zero-order valence-electron chi connectivity index (χ0n) is 16.7. The van der Waals surface area contributed by atoms with Crippen LogP contribution in [0.5, 0.6) is 0 Å². The average Bonchev–Trinajstić information content (AvgIpc) is 3.37. The van der Waals surface area contributed by atoms with Crippen LogP contribution in [0.25, 0.3) is 0 Å². The zero-order chi connectivity index (χ0) is 19.8. The topological polar surface area (TPSA) is 46.2 Å². The molecule has 1 aliphatic heterocycles. The van der Waals surface area contributed by atoms with Crippen LogP contribution < -0.4 is 5.32 Å². The summed E-state index contributed by atoms with van der Waals surface area (Å²) in [5, 5.41) is 4.30. The van der Waals surface area contributed by atoms with Gasteiger partial charge in [-0.05, 0) is 75.8 Å². The van der Waals surface area contributed by atoms with Crippen LogP contribution in [0.1, 0.15) is 54.3 Å². The molecule has 0 bridgehead atoms. The molecule has 2 atom stereocenters. The van der Waals surface area contributed by atoms with Crippen LogP contribution >= 0.6 is 12.2 Å². The van der Waals surface area contributed by atoms with Gasteiger partial charge in [0.05, 0.1) is 30.6 Å². The van der Waals surface area contributed by atoms with Crippen LogP contribution in [0.15, 0.2) is 53.3 Å². The predicted molar refractivity (Wildman–Crippen MR) is 114 cm³/mol. The molecule has 0 unspecified atom stereocenters. The van der Waals surface area contributed by atoms with E-state index in [0.29, 0.717) is 0 Å². The summed E-state index contributed by atoms with van der Waals surface area (Å²) in [6, 6.07) is 12.7. The molecule has 6 heteroatoms. The number of hydrogen-bond acceptors (Lipinski definition) is 3. The highest BCUT2D eigenvalue weighted by Gasteiger charge is 2.42. The molecule has 3 aromatic rings. The fourth-order valence-corrected chi connectivity index (χ4v) is 4.63. The Balaban J connectivity index is 1.78. The second-order valence-corrected chi connectivity index (χ2v) is 8.01. The molecule has 0 saturated carbocycles. The van der Waals surface area contributed by atoms with Crippen molar-refractivity contribution in [2.24, 2.45) is 0 Å². The number of hydrogen-bond donors (Lipinski definition) is 1. The second-order valence-electron chi connectivity index (χ2n) is 7.62. The van der Waals surface area contributed by atoms with Crippen LogP contribution in [-0.4, -0.2) is 25.6 Å². The molecule has 4 rings (SSSR count). The summed E-state index contributed by atoms with van der Waals surface area (Å²) >= 11 is 5.71. The Labute approximate surface area is 171 Å². The van der Waals surface area contributed by atoms with Gasteiger partial charge in [0.2, 0.25) is 0 Å². The van der Waals surface area contributed by atoms with E-state index in [1.165, 1.54) is 17.0 Å². The van der Waals surface area contributed by atoms with Gasteiger partial charge in [-0.2, -0.15) is 0 Å². The molecule has 1 N–H and O–H groups in total. The summed E-state index contributed by atoms with van der Waals surface area (Å²) in [6.45, 7) is 9.43. The minimum absolute atomic E-state index is 0.0219. The van der Waals surface area contributed by atoms with Crippen LogP contribution in [-0.2, 0) is 6.54 Å². The van der Waals surface area contributed by atoms with Gasteiger partial charge >= 0.3 is 0 Å². The van der Waals surface area contributed by atoms with Crippen molar-refractivity contribution in [2.75, 3.05) is 0 Å². The number of rotatable bonds is 5. The van der Waals surface area contributed by atoms with Gasteiger partial charge in [0.15, 0.2) is 5.11 Å². The Morgan fingerprint density at radius 3 is 2.68 bits per heavy atom. The maximum absolute atomic E-state index is 5.71. The Morgan fingerprint density at radius 1 is 1.21 bits per heavy atom. The third-order valence-corrected chi connectivity index (χ3v) is 5.85. The minimum atomic E-state index is 0.0219. The van der Waals surface area contributed by atoms with Crippen molar-refractivity contribution in [1.29, 1.82) is 0 Å². The van der Waals surface area contributed by atoms with E-state index in [0.717, 1.165) is 23.1 Å². The molecule has 28 heavy (non-hydrogen) atoms. The van der Waals surface area contributed by atoms with Gasteiger partial charge in [-0.3, -0.25) is 4.98 Å². The Hall–Kier alpha value is -2.60. The Kier molecular flexibility index (Phi) is 4.98. The molecule has 146 valence electrons. The standard InChI is InChI=1S/C22H26N4OS/c1-14(2)26-21(20(24-22(26)28)19-9-5-6-10-23-19)18-12-15(3)25(16(18)4)13-17-8-7-11-27-17/h5-12,14,20-21H,13H2,1-4H3,(H,24,28)/t20-,21-/m0/s1. The molecule has 4 heterocycles. The van der Waals surface area contributed by atoms with E-state index in [1.54, 1.807) is 6.26 Å². The number of nitrogens with zero attached hydrogens (tertiary/aromatic N) is 3. The van der Waals surface area contributed by atoms with Gasteiger partial charge in [-0.15, -0.1) is 0 Å². The SMILES string of the molecule is Cc1cc([C@H]2[C@H](c3ccccn3)NC(=S)N2C(C)C)c(C)n1Cc1ccco1. The van der Waals surface area contributed by atoms with Crippen LogP contribution in [0.3, 0.4) is 0 Å². The highest BCUT2D eigenvalue weighted by atomic mass is 32.1. The number of furan rings is 1. The number of thiocarbonyl (C=S) groups is 1. The van der Waals surface area contributed by atoms with Gasteiger partial charge < -0.3 is 19.2 Å². The van der Waals surface area contributed by atoms with Gasteiger partial charge in [-0.1, -0.05) is 6.07 Å². The summed E-state index contributed by atoms with van der Waals surface area (Å²) in [5.74, 6) is 0.954. The molecule has 1 fully saturated rings. The summed E-state index contributed by atoms with van der Waals surface area (Å²) in [7, 11) is 0. The molecule has 0 amide bonds. The monoisotopic (exact) mass is 394 g/mol. The summed E-state index contributed by atoms with van der Waals surface area (Å²) in [5.41, 5.74) is 4.73. The third kappa shape index (κ3) is 3.22. The minimum Gasteiger partial charge on any atom is -0.467 e. The summed E-state index contributed by atoms with van der Waals surface area (Å²) < 4.78 is 7.88. The molecule has 0 aliphatic carbocycles. The first-order valence-electron chi connectivity index (χ1n) is 9.66. The van der Waals surface area contributed by atoms with Crippen molar-refractivity contribution >= 4 is 17.3 Å². The summed E-state index contributed by atoms with van der Waals surface area (Å²) in [4.78, 5) is 6.91. The average molecular weight is 395 g/mol. The lowest BCUT2D eigenvalue weighted by molar-refractivity contribution is 0.268. The Bertz CT molecular complexity index is 962. The van der Waals surface area contributed by atoms with Gasteiger partial charge in [-0.25, -0.2) is 0 Å². The van der Waals surface area contributed by atoms with Gasteiger partial charge in [0.25, 0.3) is 0 Å². The smallest absolute Gasteiger partial charge is 0.170 e. The van der Waals surface area contributed by atoms with Crippen LogP contribution in [0.4, 0.5) is 0 Å². The molecule has 1 saturated heterocycles. The quantitative estimate of drug-likeness (QED) is 0.645. The maximum Gasteiger partial charge on any atom is 0.170 e. The fourth-order valence-electron chi connectivity index (χ4n) is 4.18. The molecule has 1 aliphatic rings. The van der Waals surface area contributed by atoms with E-state index in [2.05, 4.69) is 59.6 Å². The third-order valence-electron chi connectivity index (χ3n) is 5.52. The molecular weight excluding hydrogens is 368 g/mol. The van der Waals surface area contributed by atoms with Crippen molar-refractivity contribution in [3.05, 3.63) is 77.3 Å². The number of pyridine rings is 1. The lowest BCUT2D eigenvalue weighted by atomic mass is 9.96. The van der Waals surface area contributed by atoms with E-state index < -0.39 is 0 Å². The van der Waals surface area contributed by atoms with E-state index in [4.69, 9.17) is 16.6 Å². The van der Waals surface area contributed by atoms with E-state index in [1.807, 2.05) is 30.5 Å². The van der Waals surface area contributed by atoms with Gasteiger partial charge in [0.1, 0.15) is 5.76 Å². The van der Waals surface area contributed by atoms with E-state index in [-0.39, 0.29) is 18.1 Å².